The number of hydrogen-bond donors (Lipinski definition) is 1. The first-order chi connectivity index (χ1) is 15.1. The summed E-state index contributed by atoms with van der Waals surface area (Å²) < 4.78 is 13.1. The highest BCUT2D eigenvalue weighted by Gasteiger charge is 2.16. The largest absolute Gasteiger partial charge is 0.493 e. The van der Waals surface area contributed by atoms with Crippen LogP contribution in [-0.4, -0.2) is 33.5 Å². The second-order valence-corrected chi connectivity index (χ2v) is 7.67. The molecule has 0 saturated carbocycles. The van der Waals surface area contributed by atoms with E-state index in [2.05, 4.69) is 22.1 Å². The third kappa shape index (κ3) is 6.11. The molecule has 3 rings (SSSR count). The van der Waals surface area contributed by atoms with Crippen molar-refractivity contribution >= 4 is 17.7 Å². The summed E-state index contributed by atoms with van der Waals surface area (Å²) in [6.07, 6.45) is 1.76. The van der Waals surface area contributed by atoms with E-state index in [1.807, 2.05) is 66.1 Å². The van der Waals surface area contributed by atoms with Gasteiger partial charge >= 0.3 is 0 Å². The maximum Gasteiger partial charge on any atom is 0.230 e. The summed E-state index contributed by atoms with van der Waals surface area (Å²) in [5.41, 5.74) is 1.06. The van der Waals surface area contributed by atoms with Crippen molar-refractivity contribution in [3.63, 3.8) is 0 Å². The van der Waals surface area contributed by atoms with Crippen molar-refractivity contribution in [2.24, 2.45) is 0 Å². The van der Waals surface area contributed by atoms with Gasteiger partial charge in [-0.2, -0.15) is 0 Å². The van der Waals surface area contributed by atoms with Crippen molar-refractivity contribution < 1.29 is 14.3 Å². The molecule has 3 aromatic rings. The Hall–Kier alpha value is -3.26. The monoisotopic (exact) mass is 438 g/mol. The highest BCUT2D eigenvalue weighted by molar-refractivity contribution is 7.99. The minimum atomic E-state index is -0.0682. The van der Waals surface area contributed by atoms with Gasteiger partial charge in [0.25, 0.3) is 0 Å². The minimum Gasteiger partial charge on any atom is -0.493 e. The predicted molar refractivity (Wildman–Crippen MR) is 121 cm³/mol. The number of thioether (sulfide) groups is 1. The summed E-state index contributed by atoms with van der Waals surface area (Å²) >= 11 is 1.33. The van der Waals surface area contributed by atoms with Crippen molar-refractivity contribution in [1.82, 2.24) is 20.1 Å². The number of aromatic nitrogens is 3. The van der Waals surface area contributed by atoms with Crippen LogP contribution in [0.4, 0.5) is 0 Å². The molecule has 0 aliphatic carbocycles. The highest BCUT2D eigenvalue weighted by Crippen LogP contribution is 2.27. The molecule has 1 amide bonds. The van der Waals surface area contributed by atoms with Crippen LogP contribution in [0.3, 0.4) is 0 Å². The number of rotatable bonds is 11. The van der Waals surface area contributed by atoms with E-state index in [1.54, 1.807) is 13.2 Å². The SMILES string of the molecule is C=CCn1c(COc2ccccc2OC)nnc1SCC(=O)N[C@@H](C)c1ccccc1. The smallest absolute Gasteiger partial charge is 0.230 e. The van der Waals surface area contributed by atoms with E-state index < -0.39 is 0 Å². The van der Waals surface area contributed by atoms with Gasteiger partial charge < -0.3 is 14.8 Å². The maximum absolute atomic E-state index is 12.4. The number of methoxy groups -OCH3 is 1. The van der Waals surface area contributed by atoms with Gasteiger partial charge in [-0.05, 0) is 24.6 Å². The lowest BCUT2D eigenvalue weighted by molar-refractivity contribution is -0.119. The van der Waals surface area contributed by atoms with Gasteiger partial charge in [0.1, 0.15) is 6.61 Å². The molecule has 0 spiro atoms. The van der Waals surface area contributed by atoms with Gasteiger partial charge in [0, 0.05) is 6.54 Å². The zero-order chi connectivity index (χ0) is 22.1. The van der Waals surface area contributed by atoms with E-state index in [4.69, 9.17) is 9.47 Å². The lowest BCUT2D eigenvalue weighted by Crippen LogP contribution is -2.28. The number of amides is 1. The summed E-state index contributed by atoms with van der Waals surface area (Å²) in [5, 5.41) is 12.1. The van der Waals surface area contributed by atoms with Gasteiger partial charge in [0.05, 0.1) is 18.9 Å². The van der Waals surface area contributed by atoms with Gasteiger partial charge in [-0.3, -0.25) is 9.36 Å². The Bertz CT molecular complexity index is 1010. The Morgan fingerprint density at radius 1 is 1.16 bits per heavy atom. The summed E-state index contributed by atoms with van der Waals surface area (Å²) in [5.74, 6) is 2.09. The molecule has 162 valence electrons. The number of para-hydroxylation sites is 2. The molecule has 1 N–H and O–H groups in total. The average molecular weight is 439 g/mol. The van der Waals surface area contributed by atoms with E-state index in [0.717, 1.165) is 5.56 Å². The zero-order valence-electron chi connectivity index (χ0n) is 17.7. The van der Waals surface area contributed by atoms with Crippen LogP contribution >= 0.6 is 11.8 Å². The van der Waals surface area contributed by atoms with Crippen molar-refractivity contribution in [3.8, 4) is 11.5 Å². The summed E-state index contributed by atoms with van der Waals surface area (Å²) in [4.78, 5) is 12.4. The van der Waals surface area contributed by atoms with Crippen LogP contribution in [0.5, 0.6) is 11.5 Å². The van der Waals surface area contributed by atoms with Crippen LogP contribution in [0.2, 0.25) is 0 Å². The molecule has 1 atom stereocenters. The van der Waals surface area contributed by atoms with E-state index in [1.165, 1.54) is 11.8 Å². The fraction of sp³-hybridized carbons (Fsp3) is 0.261. The number of carbonyl (C=O) groups excluding carboxylic acids is 1. The molecule has 0 aliphatic rings. The molecule has 0 saturated heterocycles. The first kappa shape index (κ1) is 22.4. The predicted octanol–water partition coefficient (Wildman–Crippen LogP) is 4.02. The van der Waals surface area contributed by atoms with Crippen molar-refractivity contribution in [2.45, 2.75) is 31.3 Å². The van der Waals surface area contributed by atoms with Crippen molar-refractivity contribution in [1.29, 1.82) is 0 Å². The van der Waals surface area contributed by atoms with E-state index in [0.29, 0.717) is 29.0 Å². The molecule has 8 heteroatoms. The average Bonchev–Trinajstić information content (AvgIpc) is 3.18. The molecule has 31 heavy (non-hydrogen) atoms. The Labute approximate surface area is 186 Å². The molecule has 0 unspecified atom stereocenters. The molecule has 0 aliphatic heterocycles. The fourth-order valence-corrected chi connectivity index (χ4v) is 3.74. The Morgan fingerprint density at radius 2 is 1.87 bits per heavy atom. The molecular weight excluding hydrogens is 412 g/mol. The Balaban J connectivity index is 1.60. The van der Waals surface area contributed by atoms with Gasteiger partial charge in [0.2, 0.25) is 5.91 Å². The van der Waals surface area contributed by atoms with E-state index in [-0.39, 0.29) is 24.3 Å². The number of hydrogen-bond acceptors (Lipinski definition) is 6. The molecule has 7 nitrogen and oxygen atoms in total. The number of benzene rings is 2. The molecule has 1 aromatic heterocycles. The van der Waals surface area contributed by atoms with Gasteiger partial charge in [-0.15, -0.1) is 16.8 Å². The quantitative estimate of drug-likeness (QED) is 0.360. The lowest BCUT2D eigenvalue weighted by Gasteiger charge is -2.14. The third-order valence-corrected chi connectivity index (χ3v) is 5.51. The minimum absolute atomic E-state index is 0.0647. The fourth-order valence-electron chi connectivity index (χ4n) is 2.96. The van der Waals surface area contributed by atoms with Gasteiger partial charge in [0.15, 0.2) is 22.5 Å². The second-order valence-electron chi connectivity index (χ2n) is 6.73. The number of carbonyl (C=O) groups is 1. The van der Waals surface area contributed by atoms with Crippen LogP contribution in [0.15, 0.2) is 72.4 Å². The highest BCUT2D eigenvalue weighted by atomic mass is 32.2. The van der Waals surface area contributed by atoms with Crippen LogP contribution in [0.25, 0.3) is 0 Å². The number of nitrogens with zero attached hydrogens (tertiary/aromatic N) is 3. The third-order valence-electron chi connectivity index (χ3n) is 4.54. The van der Waals surface area contributed by atoms with Crippen LogP contribution in [0, 0.1) is 0 Å². The summed E-state index contributed by atoms with van der Waals surface area (Å²) in [6.45, 7) is 6.51. The zero-order valence-corrected chi connectivity index (χ0v) is 18.5. The number of nitrogens with one attached hydrogen (secondary N) is 1. The Kier molecular flexibility index (Phi) is 8.12. The Morgan fingerprint density at radius 3 is 2.58 bits per heavy atom. The normalized spacial score (nSPS) is 11.5. The summed E-state index contributed by atoms with van der Waals surface area (Å²) in [6, 6.07) is 17.2. The maximum atomic E-state index is 12.4. The molecule has 0 bridgehead atoms. The topological polar surface area (TPSA) is 78.3 Å². The van der Waals surface area contributed by atoms with E-state index >= 15 is 0 Å². The number of ether oxygens (including phenoxy) is 2. The van der Waals surface area contributed by atoms with E-state index in [9.17, 15) is 4.79 Å². The van der Waals surface area contributed by atoms with Crippen LogP contribution in [0.1, 0.15) is 24.4 Å². The van der Waals surface area contributed by atoms with Crippen LogP contribution < -0.4 is 14.8 Å². The van der Waals surface area contributed by atoms with Crippen LogP contribution in [-0.2, 0) is 17.9 Å². The second kappa shape index (κ2) is 11.2. The molecule has 1 heterocycles. The van der Waals surface area contributed by atoms with Crippen molar-refractivity contribution in [2.75, 3.05) is 12.9 Å². The molecule has 0 fully saturated rings. The summed E-state index contributed by atoms with van der Waals surface area (Å²) in [7, 11) is 1.60. The molecule has 2 aromatic carbocycles. The standard InChI is InChI=1S/C23H26N4O3S/c1-4-14-27-21(15-30-20-13-9-8-12-19(20)29-3)25-26-23(27)31-16-22(28)24-17(2)18-10-6-5-7-11-18/h4-13,17H,1,14-16H2,2-3H3,(H,24,28)/t17-/m0/s1. The first-order valence-corrected chi connectivity index (χ1v) is 10.9. The first-order valence-electron chi connectivity index (χ1n) is 9.88. The van der Waals surface area contributed by atoms with Gasteiger partial charge in [-0.1, -0.05) is 60.3 Å². The van der Waals surface area contributed by atoms with Crippen molar-refractivity contribution in [3.05, 3.63) is 78.6 Å². The number of allylic oxidation sites excluding steroid dienone is 1. The lowest BCUT2D eigenvalue weighted by atomic mass is 10.1. The molecular formula is C23H26N4O3S. The van der Waals surface area contributed by atoms with Gasteiger partial charge in [-0.25, -0.2) is 0 Å². The molecule has 0 radical (unpaired) electrons.